The fraction of sp³-hybridized carbons (Fsp3) is 0.481. The Kier molecular flexibility index (Phi) is 8.83. The highest BCUT2D eigenvalue weighted by Gasteiger charge is 2.30. The van der Waals surface area contributed by atoms with E-state index in [2.05, 4.69) is 21.2 Å². The minimum atomic E-state index is -4.32. The first-order valence-electron chi connectivity index (χ1n) is 12.6. The summed E-state index contributed by atoms with van der Waals surface area (Å²) in [6.45, 7) is 5.43. The van der Waals surface area contributed by atoms with E-state index in [1.54, 1.807) is 12.1 Å². The van der Waals surface area contributed by atoms with Gasteiger partial charge in [0.2, 0.25) is 5.91 Å². The number of nitrogens with one attached hydrogen (secondary N) is 1. The highest BCUT2D eigenvalue weighted by atomic mass is 35.5. The van der Waals surface area contributed by atoms with Gasteiger partial charge in [-0.1, -0.05) is 11.6 Å². The summed E-state index contributed by atoms with van der Waals surface area (Å²) in [7, 11) is 0. The van der Waals surface area contributed by atoms with Crippen molar-refractivity contribution >= 4 is 28.9 Å². The molecular formula is C27H31ClF3N5O. The van der Waals surface area contributed by atoms with Crippen molar-refractivity contribution in [3.8, 4) is 6.07 Å². The Balaban J connectivity index is 1.13. The van der Waals surface area contributed by atoms with Gasteiger partial charge in [0.25, 0.3) is 0 Å². The first kappa shape index (κ1) is 27.1. The van der Waals surface area contributed by atoms with Crippen LogP contribution in [0.25, 0.3) is 0 Å². The molecule has 1 amide bonds. The number of hydrogen-bond donors (Lipinski definition) is 1. The maximum atomic E-state index is 12.8. The molecule has 10 heteroatoms. The van der Waals surface area contributed by atoms with Crippen LogP contribution in [-0.4, -0.2) is 67.6 Å². The number of rotatable bonds is 7. The van der Waals surface area contributed by atoms with Crippen LogP contribution in [0.15, 0.2) is 42.5 Å². The number of likely N-dealkylation sites (tertiary alicyclic amines) is 1. The summed E-state index contributed by atoms with van der Waals surface area (Å²) in [5.74, 6) is 0.184. The molecule has 0 aliphatic carbocycles. The molecular weight excluding hydrogens is 503 g/mol. The van der Waals surface area contributed by atoms with Crippen molar-refractivity contribution in [2.75, 3.05) is 56.0 Å². The molecule has 2 aromatic carbocycles. The molecule has 37 heavy (non-hydrogen) atoms. The van der Waals surface area contributed by atoms with Crippen molar-refractivity contribution in [3.05, 3.63) is 58.6 Å². The Morgan fingerprint density at radius 3 is 2.30 bits per heavy atom. The largest absolute Gasteiger partial charge is 0.416 e. The number of carbonyl (C=O) groups is 1. The number of alkyl halides is 3. The summed E-state index contributed by atoms with van der Waals surface area (Å²) in [4.78, 5) is 19.1. The third-order valence-electron chi connectivity index (χ3n) is 7.11. The van der Waals surface area contributed by atoms with Gasteiger partial charge in [0.15, 0.2) is 0 Å². The van der Waals surface area contributed by atoms with Crippen LogP contribution in [0.4, 0.5) is 24.5 Å². The molecule has 6 nitrogen and oxygen atoms in total. The van der Waals surface area contributed by atoms with E-state index >= 15 is 0 Å². The van der Waals surface area contributed by atoms with Gasteiger partial charge in [-0.3, -0.25) is 9.69 Å². The maximum Gasteiger partial charge on any atom is 0.416 e. The van der Waals surface area contributed by atoms with E-state index < -0.39 is 11.7 Å². The van der Waals surface area contributed by atoms with Crippen molar-refractivity contribution in [2.45, 2.75) is 37.9 Å². The lowest BCUT2D eigenvalue weighted by atomic mass is 10.0. The molecule has 2 saturated heterocycles. The molecule has 4 rings (SSSR count). The fourth-order valence-electron chi connectivity index (χ4n) is 4.91. The van der Waals surface area contributed by atoms with Gasteiger partial charge in [0.05, 0.1) is 16.1 Å². The Labute approximate surface area is 220 Å². The van der Waals surface area contributed by atoms with Crippen molar-refractivity contribution in [1.29, 1.82) is 5.26 Å². The molecule has 198 valence electrons. The molecule has 0 unspecified atom stereocenters. The van der Waals surface area contributed by atoms with Gasteiger partial charge in [-0.25, -0.2) is 0 Å². The number of nitrogens with zero attached hydrogens (tertiary/aromatic N) is 4. The van der Waals surface area contributed by atoms with E-state index in [1.807, 2.05) is 11.0 Å². The first-order chi connectivity index (χ1) is 17.7. The summed E-state index contributed by atoms with van der Waals surface area (Å²) >= 11 is 6.12. The van der Waals surface area contributed by atoms with Crippen LogP contribution in [0.1, 0.15) is 36.8 Å². The minimum Gasteiger partial charge on any atom is -0.382 e. The summed E-state index contributed by atoms with van der Waals surface area (Å²) in [5.41, 5.74) is 1.51. The second-order valence-electron chi connectivity index (χ2n) is 9.58. The van der Waals surface area contributed by atoms with Gasteiger partial charge in [0.1, 0.15) is 6.07 Å². The van der Waals surface area contributed by atoms with Crippen LogP contribution in [-0.2, 0) is 11.0 Å². The molecule has 0 spiro atoms. The molecule has 0 saturated carbocycles. The molecule has 0 atom stereocenters. The van der Waals surface area contributed by atoms with Crippen LogP contribution in [0, 0.1) is 11.3 Å². The summed E-state index contributed by atoms with van der Waals surface area (Å²) < 4.78 is 38.3. The number of piperidine rings is 1. The highest BCUT2D eigenvalue weighted by molar-refractivity contribution is 6.32. The summed E-state index contributed by atoms with van der Waals surface area (Å²) in [6, 6.07) is 13.0. The first-order valence-corrected chi connectivity index (χ1v) is 13.0. The molecule has 0 aromatic heterocycles. The third-order valence-corrected chi connectivity index (χ3v) is 7.42. The molecule has 2 heterocycles. The number of nitriles is 1. The highest BCUT2D eigenvalue weighted by Crippen LogP contribution is 2.31. The topological polar surface area (TPSA) is 62.6 Å². The van der Waals surface area contributed by atoms with Gasteiger partial charge < -0.3 is 15.1 Å². The summed E-state index contributed by atoms with van der Waals surface area (Å²) in [5, 5.41) is 12.9. The quantitative estimate of drug-likeness (QED) is 0.527. The van der Waals surface area contributed by atoms with E-state index in [4.69, 9.17) is 16.9 Å². The molecule has 0 radical (unpaired) electrons. The average molecular weight is 534 g/mol. The Morgan fingerprint density at radius 1 is 1.03 bits per heavy atom. The number of benzene rings is 2. The van der Waals surface area contributed by atoms with Crippen molar-refractivity contribution < 1.29 is 18.0 Å². The predicted molar refractivity (Wildman–Crippen MR) is 139 cm³/mol. The van der Waals surface area contributed by atoms with Crippen LogP contribution in [0.3, 0.4) is 0 Å². The maximum absolute atomic E-state index is 12.8. The second kappa shape index (κ2) is 12.1. The van der Waals surface area contributed by atoms with E-state index in [1.165, 1.54) is 12.1 Å². The molecule has 2 aromatic rings. The number of amides is 1. The van der Waals surface area contributed by atoms with Gasteiger partial charge >= 0.3 is 6.18 Å². The zero-order valence-corrected chi connectivity index (χ0v) is 21.4. The average Bonchev–Trinajstić information content (AvgIpc) is 2.89. The lowest BCUT2D eigenvalue weighted by Gasteiger charge is -2.36. The Bertz CT molecular complexity index is 1100. The van der Waals surface area contributed by atoms with Gasteiger partial charge in [-0.2, -0.15) is 18.4 Å². The number of carbonyl (C=O) groups excluding carboxylic acids is 1. The monoisotopic (exact) mass is 533 g/mol. The number of anilines is 2. The molecule has 0 bridgehead atoms. The van der Waals surface area contributed by atoms with E-state index in [0.29, 0.717) is 30.1 Å². The second-order valence-corrected chi connectivity index (χ2v) is 9.99. The lowest BCUT2D eigenvalue weighted by molar-refractivity contribution is -0.137. The minimum absolute atomic E-state index is 0.184. The van der Waals surface area contributed by atoms with E-state index in [0.717, 1.165) is 75.5 Å². The number of halogens is 4. The standard InChI is InChI=1S/C27H31ClF3N5O/c28-25-18-23(6-3-20(25)19-32)33-22-9-12-36(13-10-22)26(37)2-1-11-34-14-16-35(17-15-34)24-7-4-21(5-8-24)27(29,30)31/h3-8,18,22,33H,1-2,9-17H2. The molecule has 2 aliphatic rings. The zero-order valence-electron chi connectivity index (χ0n) is 20.6. The zero-order chi connectivity index (χ0) is 26.4. The van der Waals surface area contributed by atoms with Crippen molar-refractivity contribution in [3.63, 3.8) is 0 Å². The van der Waals surface area contributed by atoms with Crippen LogP contribution >= 0.6 is 11.6 Å². The third kappa shape index (κ3) is 7.30. The van der Waals surface area contributed by atoms with Gasteiger partial charge in [0, 0.05) is 63.1 Å². The van der Waals surface area contributed by atoms with Crippen molar-refractivity contribution in [1.82, 2.24) is 9.80 Å². The Morgan fingerprint density at radius 2 is 1.70 bits per heavy atom. The van der Waals surface area contributed by atoms with Crippen LogP contribution in [0.2, 0.25) is 5.02 Å². The van der Waals surface area contributed by atoms with Gasteiger partial charge in [-0.15, -0.1) is 0 Å². The Hall–Kier alpha value is -2.96. The van der Waals surface area contributed by atoms with Crippen molar-refractivity contribution in [2.24, 2.45) is 0 Å². The number of hydrogen-bond acceptors (Lipinski definition) is 5. The van der Waals surface area contributed by atoms with Crippen LogP contribution in [0.5, 0.6) is 0 Å². The molecule has 2 aliphatic heterocycles. The summed E-state index contributed by atoms with van der Waals surface area (Å²) in [6.07, 6.45) is -1.30. The SMILES string of the molecule is N#Cc1ccc(NC2CCN(C(=O)CCCN3CCN(c4ccc(C(F)(F)F)cc4)CC3)CC2)cc1Cl. The molecule has 2 fully saturated rings. The van der Waals surface area contributed by atoms with E-state index in [-0.39, 0.29) is 11.9 Å². The smallest absolute Gasteiger partial charge is 0.382 e. The van der Waals surface area contributed by atoms with E-state index in [9.17, 15) is 18.0 Å². The van der Waals surface area contributed by atoms with Gasteiger partial charge in [-0.05, 0) is 68.3 Å². The lowest BCUT2D eigenvalue weighted by Crippen LogP contribution is -2.47. The molecule has 1 N–H and O–H groups in total. The fourth-order valence-corrected chi connectivity index (χ4v) is 5.13. The predicted octanol–water partition coefficient (Wildman–Crippen LogP) is 5.24. The number of piperazine rings is 1. The normalized spacial score (nSPS) is 17.5. The van der Waals surface area contributed by atoms with Crippen LogP contribution < -0.4 is 10.2 Å².